The summed E-state index contributed by atoms with van der Waals surface area (Å²) in [6.45, 7) is 2.49. The molecule has 3 aliphatic rings. The molecule has 2 aliphatic heterocycles. The molecular formula is C18H26N2O5. The largest absolute Gasteiger partial charge is 0.475 e. The second-order valence-electron chi connectivity index (χ2n) is 7.42. The second-order valence-corrected chi connectivity index (χ2v) is 7.42. The smallest absolute Gasteiger partial charge is 0.260 e. The van der Waals surface area contributed by atoms with Crippen molar-refractivity contribution in [3.63, 3.8) is 0 Å². The van der Waals surface area contributed by atoms with Gasteiger partial charge in [-0.3, -0.25) is 4.90 Å². The van der Waals surface area contributed by atoms with Crippen LogP contribution < -0.4 is 4.74 Å². The lowest BCUT2D eigenvalue weighted by Gasteiger charge is -2.46. The first-order valence-corrected chi connectivity index (χ1v) is 9.01. The van der Waals surface area contributed by atoms with E-state index < -0.39 is 11.7 Å². The van der Waals surface area contributed by atoms with Crippen LogP contribution in [0.5, 0.6) is 5.88 Å². The SMILES string of the molecule is CCCCOc1noc2c1[C@H](O)[C@]13O[C@H](C=C1CO)C[C@H]3[C@@H]2N(C)C. The number of fused-ring (bicyclic) bond motifs is 2. The van der Waals surface area contributed by atoms with Crippen LogP contribution in [0.3, 0.4) is 0 Å². The van der Waals surface area contributed by atoms with Crippen molar-refractivity contribution in [1.82, 2.24) is 10.1 Å². The summed E-state index contributed by atoms with van der Waals surface area (Å²) < 4.78 is 17.6. The molecule has 0 unspecified atom stereocenters. The summed E-state index contributed by atoms with van der Waals surface area (Å²) in [5, 5.41) is 25.2. The van der Waals surface area contributed by atoms with Gasteiger partial charge >= 0.3 is 0 Å². The van der Waals surface area contributed by atoms with E-state index in [1.54, 1.807) is 0 Å². The van der Waals surface area contributed by atoms with Crippen LogP contribution in [0.4, 0.5) is 0 Å². The molecule has 0 radical (unpaired) electrons. The summed E-state index contributed by atoms with van der Waals surface area (Å²) in [4.78, 5) is 2.07. The van der Waals surface area contributed by atoms with E-state index in [1.165, 1.54) is 0 Å². The molecule has 0 aromatic carbocycles. The number of hydrogen-bond donors (Lipinski definition) is 2. The fourth-order valence-electron chi connectivity index (χ4n) is 4.73. The summed E-state index contributed by atoms with van der Waals surface area (Å²) in [6.07, 6.45) is 3.61. The van der Waals surface area contributed by atoms with E-state index >= 15 is 0 Å². The standard InChI is InChI=1S/C18H26N2O5/c1-4-5-6-23-17-13-15(25-19-17)14(20(2)3)12-8-11-7-10(9-21)18(12,24-11)16(13)22/h7,11-12,14,16,21-22H,4-6,8-9H2,1-3H3/t11-,12+,14+,16+,18+/m1/s1. The quantitative estimate of drug-likeness (QED) is 0.595. The predicted octanol–water partition coefficient (Wildman–Crippen LogP) is 1.58. The summed E-state index contributed by atoms with van der Waals surface area (Å²) >= 11 is 0. The molecule has 1 spiro atoms. The number of hydrogen-bond acceptors (Lipinski definition) is 7. The number of unbranched alkanes of at least 4 members (excludes halogenated alkanes) is 1. The van der Waals surface area contributed by atoms with Crippen LogP contribution in [-0.4, -0.2) is 59.3 Å². The number of aliphatic hydroxyl groups excluding tert-OH is 2. The second kappa shape index (κ2) is 6.09. The molecule has 1 aromatic rings. The maximum Gasteiger partial charge on any atom is 0.260 e. The number of nitrogens with zero attached hydrogens (tertiary/aromatic N) is 2. The van der Waals surface area contributed by atoms with E-state index in [1.807, 2.05) is 20.2 Å². The lowest BCUT2D eigenvalue weighted by Crippen LogP contribution is -2.52. The highest BCUT2D eigenvalue weighted by Gasteiger charge is 2.66. The van der Waals surface area contributed by atoms with Crippen LogP contribution in [-0.2, 0) is 4.74 Å². The van der Waals surface area contributed by atoms with Crippen molar-refractivity contribution < 1.29 is 24.2 Å². The molecule has 1 aliphatic carbocycles. The minimum absolute atomic E-state index is 0.00130. The van der Waals surface area contributed by atoms with Gasteiger partial charge in [-0.25, -0.2) is 0 Å². The molecule has 3 heterocycles. The molecule has 2 N–H and O–H groups in total. The van der Waals surface area contributed by atoms with Crippen molar-refractivity contribution in [3.8, 4) is 5.88 Å². The topological polar surface area (TPSA) is 88.2 Å². The molecule has 1 fully saturated rings. The number of ether oxygens (including phenoxy) is 2. The molecule has 4 rings (SSSR count). The van der Waals surface area contributed by atoms with Gasteiger partial charge in [-0.2, -0.15) is 0 Å². The predicted molar refractivity (Wildman–Crippen MR) is 89.2 cm³/mol. The Morgan fingerprint density at radius 2 is 2.24 bits per heavy atom. The highest BCUT2D eigenvalue weighted by atomic mass is 16.6. The molecule has 138 valence electrons. The number of aliphatic hydroxyl groups is 2. The van der Waals surface area contributed by atoms with Crippen LogP contribution in [0.1, 0.15) is 49.7 Å². The van der Waals surface area contributed by atoms with E-state index in [-0.39, 0.29) is 24.7 Å². The zero-order valence-electron chi connectivity index (χ0n) is 14.9. The van der Waals surface area contributed by atoms with Gasteiger partial charge in [0.1, 0.15) is 11.7 Å². The Bertz CT molecular complexity index is 685. The van der Waals surface area contributed by atoms with Crippen LogP contribution in [0.25, 0.3) is 0 Å². The van der Waals surface area contributed by atoms with Gasteiger partial charge in [-0.05, 0) is 37.7 Å². The van der Waals surface area contributed by atoms with E-state index in [9.17, 15) is 10.2 Å². The van der Waals surface area contributed by atoms with Crippen molar-refractivity contribution in [2.24, 2.45) is 5.92 Å². The molecule has 5 atom stereocenters. The molecule has 2 bridgehead atoms. The summed E-state index contributed by atoms with van der Waals surface area (Å²) in [6, 6.07) is -0.0883. The summed E-state index contributed by atoms with van der Waals surface area (Å²) in [5.74, 6) is 0.985. The molecule has 1 saturated heterocycles. The van der Waals surface area contributed by atoms with Crippen LogP contribution in [0, 0.1) is 5.92 Å². The zero-order chi connectivity index (χ0) is 17.8. The highest BCUT2D eigenvalue weighted by Crippen LogP contribution is 2.63. The minimum atomic E-state index is -0.961. The van der Waals surface area contributed by atoms with E-state index in [2.05, 4.69) is 17.0 Å². The van der Waals surface area contributed by atoms with Gasteiger partial charge in [0.15, 0.2) is 5.76 Å². The van der Waals surface area contributed by atoms with Gasteiger partial charge in [0.05, 0.1) is 30.9 Å². The third-order valence-corrected chi connectivity index (χ3v) is 5.79. The zero-order valence-corrected chi connectivity index (χ0v) is 14.9. The summed E-state index contributed by atoms with van der Waals surface area (Å²) in [7, 11) is 3.96. The lowest BCUT2D eigenvalue weighted by molar-refractivity contribution is -0.116. The normalized spacial score (nSPS) is 35.7. The highest BCUT2D eigenvalue weighted by molar-refractivity contribution is 5.47. The van der Waals surface area contributed by atoms with E-state index in [0.29, 0.717) is 23.8 Å². The Kier molecular flexibility index (Phi) is 4.15. The molecule has 7 nitrogen and oxygen atoms in total. The van der Waals surface area contributed by atoms with Crippen molar-refractivity contribution in [2.45, 2.75) is 50.0 Å². The Morgan fingerprint density at radius 1 is 1.44 bits per heavy atom. The van der Waals surface area contributed by atoms with Crippen molar-refractivity contribution in [1.29, 1.82) is 0 Å². The van der Waals surface area contributed by atoms with Crippen molar-refractivity contribution >= 4 is 0 Å². The Hall–Kier alpha value is -1.41. The Morgan fingerprint density at radius 3 is 2.92 bits per heavy atom. The third-order valence-electron chi connectivity index (χ3n) is 5.79. The monoisotopic (exact) mass is 350 g/mol. The van der Waals surface area contributed by atoms with Crippen LogP contribution in [0.2, 0.25) is 0 Å². The summed E-state index contributed by atoms with van der Waals surface area (Å²) in [5.41, 5.74) is 0.392. The molecule has 0 saturated carbocycles. The first-order valence-electron chi connectivity index (χ1n) is 9.01. The number of rotatable bonds is 6. The fourth-order valence-corrected chi connectivity index (χ4v) is 4.73. The molecule has 25 heavy (non-hydrogen) atoms. The first kappa shape index (κ1) is 17.0. The van der Waals surface area contributed by atoms with Gasteiger partial charge in [0.25, 0.3) is 5.88 Å². The number of aromatic nitrogens is 1. The molecule has 7 heteroatoms. The van der Waals surface area contributed by atoms with Gasteiger partial charge in [0.2, 0.25) is 0 Å². The average molecular weight is 350 g/mol. The molecular weight excluding hydrogens is 324 g/mol. The van der Waals surface area contributed by atoms with Crippen molar-refractivity contribution in [2.75, 3.05) is 27.3 Å². The van der Waals surface area contributed by atoms with Gasteiger partial charge < -0.3 is 24.2 Å². The first-order chi connectivity index (χ1) is 12.0. The lowest BCUT2D eigenvalue weighted by atomic mass is 9.64. The molecule has 0 amide bonds. The third kappa shape index (κ3) is 2.23. The maximum atomic E-state index is 11.3. The Balaban J connectivity index is 1.80. The van der Waals surface area contributed by atoms with E-state index in [0.717, 1.165) is 24.8 Å². The van der Waals surface area contributed by atoms with Crippen molar-refractivity contribution in [3.05, 3.63) is 23.0 Å². The molecule has 1 aromatic heterocycles. The van der Waals surface area contributed by atoms with E-state index in [4.69, 9.17) is 14.0 Å². The van der Waals surface area contributed by atoms with Crippen LogP contribution >= 0.6 is 0 Å². The minimum Gasteiger partial charge on any atom is -0.475 e. The van der Waals surface area contributed by atoms with Gasteiger partial charge in [-0.15, -0.1) is 0 Å². The van der Waals surface area contributed by atoms with Gasteiger partial charge in [0, 0.05) is 5.92 Å². The maximum absolute atomic E-state index is 11.3. The Labute approximate surface area is 147 Å². The van der Waals surface area contributed by atoms with Gasteiger partial charge in [-0.1, -0.05) is 19.4 Å². The average Bonchev–Trinajstić information content (AvgIpc) is 3.26. The van der Waals surface area contributed by atoms with Crippen LogP contribution in [0.15, 0.2) is 16.2 Å². The fraction of sp³-hybridized carbons (Fsp3) is 0.722.